The van der Waals surface area contributed by atoms with Crippen LogP contribution in [0.4, 0.5) is 0 Å². The van der Waals surface area contributed by atoms with Gasteiger partial charge in [-0.3, -0.25) is 4.79 Å². The van der Waals surface area contributed by atoms with Gasteiger partial charge in [0, 0.05) is 29.0 Å². The van der Waals surface area contributed by atoms with E-state index in [0.29, 0.717) is 12.2 Å². The molecule has 0 spiro atoms. The highest BCUT2D eigenvalue weighted by Crippen LogP contribution is 2.31. The van der Waals surface area contributed by atoms with Gasteiger partial charge in [0.05, 0.1) is 0 Å². The van der Waals surface area contributed by atoms with E-state index in [4.69, 9.17) is 10.7 Å². The number of amides is 1. The third-order valence-electron chi connectivity index (χ3n) is 3.60. The van der Waals surface area contributed by atoms with E-state index >= 15 is 0 Å². The minimum absolute atomic E-state index is 0.0417. The summed E-state index contributed by atoms with van der Waals surface area (Å²) >= 11 is 0. The standard InChI is InChI=1S/C12H17ClN2O3S/c1-3-15-8-9(19(13,17)18)7-10(15)11(16)14-12(2)5-4-6-12/h7-8H,3-6H2,1-2H3,(H,14,16). The monoisotopic (exact) mass is 304 g/mol. The Kier molecular flexibility index (Phi) is 3.66. The van der Waals surface area contributed by atoms with E-state index in [9.17, 15) is 13.2 Å². The van der Waals surface area contributed by atoms with E-state index < -0.39 is 9.05 Å². The predicted molar refractivity (Wildman–Crippen MR) is 72.9 cm³/mol. The molecule has 1 amide bonds. The summed E-state index contributed by atoms with van der Waals surface area (Å²) in [6, 6.07) is 1.32. The first-order valence-corrected chi connectivity index (χ1v) is 8.53. The molecule has 1 aromatic heterocycles. The van der Waals surface area contributed by atoms with E-state index in [2.05, 4.69) is 5.32 Å². The SMILES string of the molecule is CCn1cc(S(=O)(=O)Cl)cc1C(=O)NC1(C)CCC1. The van der Waals surface area contributed by atoms with Crippen LogP contribution in [0.3, 0.4) is 0 Å². The van der Waals surface area contributed by atoms with E-state index in [0.717, 1.165) is 19.3 Å². The summed E-state index contributed by atoms with van der Waals surface area (Å²) < 4.78 is 24.2. The van der Waals surface area contributed by atoms with Crippen molar-refractivity contribution in [2.24, 2.45) is 0 Å². The predicted octanol–water partition coefficient (Wildman–Crippen LogP) is 2.11. The lowest BCUT2D eigenvalue weighted by molar-refractivity contribution is 0.0841. The van der Waals surface area contributed by atoms with Crippen molar-refractivity contribution in [3.8, 4) is 0 Å². The van der Waals surface area contributed by atoms with Crippen molar-refractivity contribution < 1.29 is 13.2 Å². The molecule has 0 aliphatic heterocycles. The molecule has 0 atom stereocenters. The van der Waals surface area contributed by atoms with Crippen molar-refractivity contribution in [3.05, 3.63) is 18.0 Å². The van der Waals surface area contributed by atoms with E-state index in [1.165, 1.54) is 12.3 Å². The minimum atomic E-state index is -3.81. The number of nitrogens with one attached hydrogen (secondary N) is 1. The smallest absolute Gasteiger partial charge is 0.268 e. The van der Waals surface area contributed by atoms with Crippen molar-refractivity contribution >= 4 is 25.6 Å². The molecule has 1 fully saturated rings. The van der Waals surface area contributed by atoms with Crippen LogP contribution in [0, 0.1) is 0 Å². The van der Waals surface area contributed by atoms with E-state index in [-0.39, 0.29) is 16.3 Å². The summed E-state index contributed by atoms with van der Waals surface area (Å²) in [4.78, 5) is 12.2. The molecule has 106 valence electrons. The first kappa shape index (κ1) is 14.4. The average Bonchev–Trinajstić information content (AvgIpc) is 2.70. The van der Waals surface area contributed by atoms with Crippen molar-refractivity contribution in [2.75, 3.05) is 0 Å². The van der Waals surface area contributed by atoms with E-state index in [1.54, 1.807) is 4.57 Å². The third-order valence-corrected chi connectivity index (χ3v) is 4.92. The van der Waals surface area contributed by atoms with Gasteiger partial charge in [0.1, 0.15) is 10.6 Å². The van der Waals surface area contributed by atoms with Gasteiger partial charge in [0.2, 0.25) is 0 Å². The first-order chi connectivity index (χ1) is 8.75. The quantitative estimate of drug-likeness (QED) is 0.866. The van der Waals surface area contributed by atoms with Crippen molar-refractivity contribution in [2.45, 2.75) is 50.1 Å². The molecular weight excluding hydrogens is 288 g/mol. The molecule has 1 heterocycles. The fourth-order valence-corrected chi connectivity index (χ4v) is 3.00. The van der Waals surface area contributed by atoms with Gasteiger partial charge in [-0.2, -0.15) is 0 Å². The summed E-state index contributed by atoms with van der Waals surface area (Å²) in [5.74, 6) is -0.254. The van der Waals surface area contributed by atoms with Gasteiger partial charge in [-0.25, -0.2) is 8.42 Å². The zero-order chi connectivity index (χ0) is 14.3. The Bertz CT molecular complexity index is 602. The molecule has 0 bridgehead atoms. The second-order valence-electron chi connectivity index (χ2n) is 5.15. The van der Waals surface area contributed by atoms with Gasteiger partial charge in [-0.15, -0.1) is 0 Å². The second kappa shape index (κ2) is 4.83. The molecule has 0 radical (unpaired) electrons. The van der Waals surface area contributed by atoms with Gasteiger partial charge < -0.3 is 9.88 Å². The lowest BCUT2D eigenvalue weighted by Crippen LogP contribution is -2.51. The van der Waals surface area contributed by atoms with Crippen molar-refractivity contribution in [1.82, 2.24) is 9.88 Å². The lowest BCUT2D eigenvalue weighted by atomic mass is 9.78. The van der Waals surface area contributed by atoms with Crippen LogP contribution in [-0.2, 0) is 15.6 Å². The molecule has 1 aromatic rings. The molecule has 0 unspecified atom stereocenters. The van der Waals surface area contributed by atoms with Crippen LogP contribution in [0.2, 0.25) is 0 Å². The zero-order valence-corrected chi connectivity index (χ0v) is 12.5. The minimum Gasteiger partial charge on any atom is -0.346 e. The third kappa shape index (κ3) is 2.95. The molecule has 0 aromatic carbocycles. The number of aromatic nitrogens is 1. The van der Waals surface area contributed by atoms with Crippen LogP contribution in [0.1, 0.15) is 43.6 Å². The second-order valence-corrected chi connectivity index (χ2v) is 7.72. The van der Waals surface area contributed by atoms with Crippen LogP contribution >= 0.6 is 10.7 Å². The molecular formula is C12H17ClN2O3S. The highest BCUT2D eigenvalue weighted by molar-refractivity contribution is 8.13. The molecule has 2 rings (SSSR count). The van der Waals surface area contributed by atoms with Gasteiger partial charge in [-0.05, 0) is 39.2 Å². The zero-order valence-electron chi connectivity index (χ0n) is 10.9. The molecule has 1 saturated carbocycles. The van der Waals surface area contributed by atoms with Gasteiger partial charge in [0.15, 0.2) is 0 Å². The Labute approximate surface area is 117 Å². The maximum atomic E-state index is 12.2. The summed E-state index contributed by atoms with van der Waals surface area (Å²) in [5, 5.41) is 2.95. The Balaban J connectivity index is 2.28. The number of hydrogen-bond donors (Lipinski definition) is 1. The number of nitrogens with zero attached hydrogens (tertiary/aromatic N) is 1. The molecule has 1 aliphatic carbocycles. The molecule has 0 saturated heterocycles. The summed E-state index contributed by atoms with van der Waals surface area (Å²) in [6.07, 6.45) is 4.39. The Hall–Kier alpha value is -1.01. The fourth-order valence-electron chi connectivity index (χ4n) is 2.24. The van der Waals surface area contributed by atoms with Gasteiger partial charge in [-0.1, -0.05) is 0 Å². The summed E-state index contributed by atoms with van der Waals surface area (Å²) in [5.41, 5.74) is 0.162. The van der Waals surface area contributed by atoms with Crippen molar-refractivity contribution in [3.63, 3.8) is 0 Å². The average molecular weight is 305 g/mol. The van der Waals surface area contributed by atoms with Crippen LogP contribution in [0.15, 0.2) is 17.2 Å². The number of carbonyl (C=O) groups is 1. The lowest BCUT2D eigenvalue weighted by Gasteiger charge is -2.39. The van der Waals surface area contributed by atoms with Crippen LogP contribution in [0.5, 0.6) is 0 Å². The van der Waals surface area contributed by atoms with Crippen LogP contribution < -0.4 is 5.32 Å². The normalized spacial score (nSPS) is 17.8. The van der Waals surface area contributed by atoms with Gasteiger partial charge in [0.25, 0.3) is 15.0 Å². The number of rotatable bonds is 4. The van der Waals surface area contributed by atoms with Crippen LogP contribution in [0.25, 0.3) is 0 Å². The first-order valence-electron chi connectivity index (χ1n) is 6.22. The Morgan fingerprint density at radius 3 is 2.58 bits per heavy atom. The maximum absolute atomic E-state index is 12.2. The van der Waals surface area contributed by atoms with E-state index in [1.807, 2.05) is 13.8 Å². The molecule has 7 heteroatoms. The molecule has 5 nitrogen and oxygen atoms in total. The Morgan fingerprint density at radius 1 is 1.53 bits per heavy atom. The number of halogens is 1. The fraction of sp³-hybridized carbons (Fsp3) is 0.583. The summed E-state index contributed by atoms with van der Waals surface area (Å²) in [7, 11) is 1.49. The molecule has 19 heavy (non-hydrogen) atoms. The van der Waals surface area contributed by atoms with Gasteiger partial charge >= 0.3 is 0 Å². The highest BCUT2D eigenvalue weighted by Gasteiger charge is 2.34. The Morgan fingerprint density at radius 2 is 2.16 bits per heavy atom. The van der Waals surface area contributed by atoms with Crippen LogP contribution in [-0.4, -0.2) is 24.4 Å². The largest absolute Gasteiger partial charge is 0.346 e. The molecule has 1 aliphatic rings. The van der Waals surface area contributed by atoms with Crippen molar-refractivity contribution in [1.29, 1.82) is 0 Å². The number of hydrogen-bond acceptors (Lipinski definition) is 3. The highest BCUT2D eigenvalue weighted by atomic mass is 35.7. The topological polar surface area (TPSA) is 68.2 Å². The number of carbonyl (C=O) groups excluding carboxylic acids is 1. The maximum Gasteiger partial charge on any atom is 0.268 e. The summed E-state index contributed by atoms with van der Waals surface area (Å²) in [6.45, 7) is 4.34. The number of aryl methyl sites for hydroxylation is 1. The molecule has 1 N–H and O–H groups in total.